The Morgan fingerprint density at radius 3 is 2.65 bits per heavy atom. The zero-order valence-corrected chi connectivity index (χ0v) is 9.08. The van der Waals surface area contributed by atoms with Crippen LogP contribution in [0.25, 0.3) is 23.1 Å². The van der Waals surface area contributed by atoms with Crippen LogP contribution in [0, 0.1) is 0 Å². The van der Waals surface area contributed by atoms with Gasteiger partial charge in [0.1, 0.15) is 5.69 Å². The summed E-state index contributed by atoms with van der Waals surface area (Å²) in [5.74, 6) is 0. The van der Waals surface area contributed by atoms with E-state index < -0.39 is 0 Å². The fraction of sp³-hybridized carbons (Fsp3) is 0. The topological polar surface area (TPSA) is 38.9 Å². The molecule has 0 aliphatic carbocycles. The number of pyridine rings is 1. The first-order chi connectivity index (χ1) is 8.43. The average molecular weight is 222 g/mol. The first-order valence-corrected chi connectivity index (χ1v) is 5.36. The molecule has 3 nitrogen and oxygen atoms in total. The number of benzene rings is 1. The third-order valence-corrected chi connectivity index (χ3v) is 2.55. The number of aromatic nitrogens is 2. The fourth-order valence-corrected chi connectivity index (χ4v) is 1.68. The molecule has 0 saturated heterocycles. The van der Waals surface area contributed by atoms with Crippen LogP contribution in [0.3, 0.4) is 0 Å². The van der Waals surface area contributed by atoms with Crippen molar-refractivity contribution in [1.82, 2.24) is 10.1 Å². The Bertz CT molecular complexity index is 656. The van der Waals surface area contributed by atoms with Gasteiger partial charge in [0.25, 0.3) is 0 Å². The lowest BCUT2D eigenvalue weighted by Gasteiger charge is -1.90. The van der Waals surface area contributed by atoms with Crippen LogP contribution in [0.1, 0.15) is 11.3 Å². The molecule has 3 aromatic rings. The van der Waals surface area contributed by atoms with Crippen molar-refractivity contribution < 1.29 is 4.52 Å². The maximum absolute atomic E-state index is 5.22. The van der Waals surface area contributed by atoms with Crippen molar-refractivity contribution >= 4 is 23.1 Å². The number of nitrogens with zero attached hydrogens (tertiary/aromatic N) is 2. The maximum Gasteiger partial charge on any atom is 0.167 e. The summed E-state index contributed by atoms with van der Waals surface area (Å²) in [4.78, 5) is 3.97. The van der Waals surface area contributed by atoms with E-state index in [1.54, 1.807) is 12.4 Å². The van der Waals surface area contributed by atoms with Gasteiger partial charge < -0.3 is 4.52 Å². The molecule has 82 valence electrons. The molecule has 0 fully saturated rings. The highest BCUT2D eigenvalue weighted by molar-refractivity contribution is 5.87. The molecule has 0 aliphatic rings. The van der Waals surface area contributed by atoms with E-state index >= 15 is 0 Å². The number of hydrogen-bond acceptors (Lipinski definition) is 3. The second-order valence-electron chi connectivity index (χ2n) is 3.68. The Hall–Kier alpha value is -2.42. The molecule has 0 radical (unpaired) electrons. The van der Waals surface area contributed by atoms with E-state index in [1.807, 2.05) is 48.6 Å². The van der Waals surface area contributed by atoms with Crippen LogP contribution < -0.4 is 0 Å². The molecular formula is C14H10N2O. The Morgan fingerprint density at radius 1 is 0.941 bits per heavy atom. The highest BCUT2D eigenvalue weighted by atomic mass is 16.5. The average Bonchev–Trinajstić information content (AvgIpc) is 2.81. The van der Waals surface area contributed by atoms with Crippen LogP contribution in [0.2, 0.25) is 0 Å². The minimum Gasteiger partial charge on any atom is -0.356 e. The number of rotatable bonds is 2. The molecule has 2 heterocycles. The van der Waals surface area contributed by atoms with Crippen LogP contribution >= 0.6 is 0 Å². The largest absolute Gasteiger partial charge is 0.356 e. The van der Waals surface area contributed by atoms with Crippen LogP contribution in [-0.2, 0) is 0 Å². The van der Waals surface area contributed by atoms with Gasteiger partial charge in [-0.3, -0.25) is 4.98 Å². The van der Waals surface area contributed by atoms with Gasteiger partial charge in [0, 0.05) is 17.8 Å². The highest BCUT2D eigenvalue weighted by Gasteiger charge is 2.02. The molecular weight excluding hydrogens is 212 g/mol. The van der Waals surface area contributed by atoms with E-state index in [4.69, 9.17) is 4.52 Å². The smallest absolute Gasteiger partial charge is 0.167 e. The van der Waals surface area contributed by atoms with Gasteiger partial charge in [0.2, 0.25) is 0 Å². The molecule has 1 aromatic carbocycles. The summed E-state index contributed by atoms with van der Waals surface area (Å²) < 4.78 is 5.22. The molecule has 17 heavy (non-hydrogen) atoms. The van der Waals surface area contributed by atoms with E-state index in [0.29, 0.717) is 0 Å². The van der Waals surface area contributed by atoms with Crippen LogP contribution in [0.4, 0.5) is 0 Å². The van der Waals surface area contributed by atoms with E-state index in [-0.39, 0.29) is 0 Å². The molecule has 2 aromatic heterocycles. The summed E-state index contributed by atoms with van der Waals surface area (Å²) in [6.45, 7) is 0. The molecule has 0 amide bonds. The molecule has 0 aliphatic heterocycles. The van der Waals surface area contributed by atoms with Crippen molar-refractivity contribution in [2.75, 3.05) is 0 Å². The van der Waals surface area contributed by atoms with Crippen molar-refractivity contribution in [2.24, 2.45) is 0 Å². The Labute approximate surface area is 98.4 Å². The molecule has 3 rings (SSSR count). The molecule has 0 saturated carbocycles. The van der Waals surface area contributed by atoms with E-state index in [9.17, 15) is 0 Å². The van der Waals surface area contributed by atoms with E-state index in [2.05, 4.69) is 10.1 Å². The second-order valence-corrected chi connectivity index (χ2v) is 3.68. The van der Waals surface area contributed by atoms with E-state index in [1.165, 1.54) is 0 Å². The first kappa shape index (κ1) is 9.78. The van der Waals surface area contributed by atoms with Crippen LogP contribution in [-0.4, -0.2) is 10.1 Å². The SMILES string of the molecule is C(=C\c1noc2ccccc12)/c1ccncc1. The van der Waals surface area contributed by atoms with Gasteiger partial charge in [-0.05, 0) is 35.9 Å². The Morgan fingerprint density at radius 2 is 1.76 bits per heavy atom. The zero-order valence-electron chi connectivity index (χ0n) is 9.08. The predicted molar refractivity (Wildman–Crippen MR) is 67.2 cm³/mol. The van der Waals surface area contributed by atoms with Crippen molar-refractivity contribution in [3.63, 3.8) is 0 Å². The summed E-state index contributed by atoms with van der Waals surface area (Å²) in [5, 5.41) is 5.06. The van der Waals surface area contributed by atoms with Crippen molar-refractivity contribution in [3.05, 3.63) is 60.0 Å². The normalized spacial score (nSPS) is 11.3. The minimum absolute atomic E-state index is 0.807. The monoisotopic (exact) mass is 222 g/mol. The first-order valence-electron chi connectivity index (χ1n) is 5.36. The third kappa shape index (κ3) is 1.95. The standard InChI is InChI=1S/C14H10N2O/c1-2-4-14-12(3-1)13(16-17-14)6-5-11-7-9-15-10-8-11/h1-10H/b6-5+. The van der Waals surface area contributed by atoms with Gasteiger partial charge in [0.15, 0.2) is 5.58 Å². The van der Waals surface area contributed by atoms with Gasteiger partial charge in [-0.1, -0.05) is 23.4 Å². The van der Waals surface area contributed by atoms with Crippen LogP contribution in [0.15, 0.2) is 53.3 Å². The number of fused-ring (bicyclic) bond motifs is 1. The van der Waals surface area contributed by atoms with Gasteiger partial charge in [-0.15, -0.1) is 0 Å². The van der Waals surface area contributed by atoms with Gasteiger partial charge >= 0.3 is 0 Å². The Kier molecular flexibility index (Phi) is 2.43. The summed E-state index contributed by atoms with van der Waals surface area (Å²) >= 11 is 0. The molecule has 0 spiro atoms. The van der Waals surface area contributed by atoms with Crippen molar-refractivity contribution in [3.8, 4) is 0 Å². The summed E-state index contributed by atoms with van der Waals surface area (Å²) in [6, 6.07) is 11.7. The van der Waals surface area contributed by atoms with Crippen molar-refractivity contribution in [1.29, 1.82) is 0 Å². The van der Waals surface area contributed by atoms with Crippen molar-refractivity contribution in [2.45, 2.75) is 0 Å². The molecule has 0 N–H and O–H groups in total. The summed E-state index contributed by atoms with van der Waals surface area (Å²) in [7, 11) is 0. The molecule has 0 unspecified atom stereocenters. The van der Waals surface area contributed by atoms with Gasteiger partial charge in [0.05, 0.1) is 0 Å². The summed E-state index contributed by atoms with van der Waals surface area (Å²) in [5.41, 5.74) is 2.74. The Balaban J connectivity index is 1.98. The van der Waals surface area contributed by atoms with E-state index in [0.717, 1.165) is 22.2 Å². The molecule has 3 heteroatoms. The summed E-state index contributed by atoms with van der Waals surface area (Å²) in [6.07, 6.45) is 7.47. The second kappa shape index (κ2) is 4.22. The maximum atomic E-state index is 5.22. The number of hydrogen-bond donors (Lipinski definition) is 0. The minimum atomic E-state index is 0.807. The number of para-hydroxylation sites is 1. The lowest BCUT2D eigenvalue weighted by atomic mass is 10.2. The lowest BCUT2D eigenvalue weighted by molar-refractivity contribution is 0.454. The predicted octanol–water partition coefficient (Wildman–Crippen LogP) is 3.39. The zero-order chi connectivity index (χ0) is 11.5. The lowest BCUT2D eigenvalue weighted by Crippen LogP contribution is -1.74. The van der Waals surface area contributed by atoms with Gasteiger partial charge in [-0.25, -0.2) is 0 Å². The highest BCUT2D eigenvalue weighted by Crippen LogP contribution is 2.19. The fourth-order valence-electron chi connectivity index (χ4n) is 1.68. The molecule has 0 bridgehead atoms. The third-order valence-electron chi connectivity index (χ3n) is 2.55. The molecule has 0 atom stereocenters. The van der Waals surface area contributed by atoms with Gasteiger partial charge in [-0.2, -0.15) is 0 Å². The van der Waals surface area contributed by atoms with Crippen LogP contribution in [0.5, 0.6) is 0 Å². The quantitative estimate of drug-likeness (QED) is 0.667.